The summed E-state index contributed by atoms with van der Waals surface area (Å²) in [4.78, 5) is 0. The summed E-state index contributed by atoms with van der Waals surface area (Å²) >= 11 is 0. The van der Waals surface area contributed by atoms with Crippen LogP contribution in [0.15, 0.2) is 182 Å². The smallest absolute Gasteiger partial charge is 0.0622 e. The first-order chi connectivity index (χ1) is 26.8. The highest BCUT2D eigenvalue weighted by Crippen LogP contribution is 2.51. The van der Waals surface area contributed by atoms with Crippen LogP contribution in [-0.2, 0) is 6.42 Å². The van der Waals surface area contributed by atoms with Gasteiger partial charge in [0.2, 0.25) is 0 Å². The summed E-state index contributed by atoms with van der Waals surface area (Å²) in [5.74, 6) is 0.259. The van der Waals surface area contributed by atoms with E-state index >= 15 is 0 Å². The van der Waals surface area contributed by atoms with Crippen LogP contribution in [0, 0.1) is 0 Å². The largest absolute Gasteiger partial charge is 0.309 e. The molecule has 10 aromatic rings. The maximum absolute atomic E-state index is 2.57. The molecule has 0 saturated carbocycles. The fourth-order valence-corrected chi connectivity index (χ4v) is 10.0. The van der Waals surface area contributed by atoms with Gasteiger partial charge in [-0.25, -0.2) is 0 Å². The van der Waals surface area contributed by atoms with Gasteiger partial charge in [0.1, 0.15) is 0 Å². The summed E-state index contributed by atoms with van der Waals surface area (Å²) in [6.45, 7) is 0. The molecule has 0 bridgehead atoms. The summed E-state index contributed by atoms with van der Waals surface area (Å²) in [5, 5.41) is 7.92. The van der Waals surface area contributed by atoms with Crippen molar-refractivity contribution in [2.45, 2.75) is 18.8 Å². The van der Waals surface area contributed by atoms with E-state index in [1.165, 1.54) is 110 Å². The first-order valence-corrected chi connectivity index (χ1v) is 19.2. The van der Waals surface area contributed by atoms with Gasteiger partial charge in [-0.2, -0.15) is 0 Å². The standard InChI is InChI=1S/C53H35N/c1-2-10-33(11-3-1)34-20-22-36(23-21-34)41-28-25-38-26-29-46-43-16-6-7-19-49(43)54(53(46)51(38)47-30-24-35-12-4-5-15-40(35)52(41)47)39-27-31-42-44-17-8-13-37-14-9-18-45(50(37)44)48(42)32-39/h1-24,26-27,29-32,41H,25,28H2. The van der Waals surface area contributed by atoms with Crippen molar-refractivity contribution < 1.29 is 0 Å². The van der Waals surface area contributed by atoms with Gasteiger partial charge in [0, 0.05) is 27.9 Å². The van der Waals surface area contributed by atoms with Gasteiger partial charge in [-0.3, -0.25) is 0 Å². The Labute approximate surface area is 314 Å². The van der Waals surface area contributed by atoms with Crippen LogP contribution in [0.4, 0.5) is 0 Å². The maximum atomic E-state index is 2.57. The van der Waals surface area contributed by atoms with Gasteiger partial charge in [0.25, 0.3) is 0 Å². The molecule has 0 amide bonds. The molecular formula is C53H35N. The molecular weight excluding hydrogens is 651 g/mol. The molecule has 54 heavy (non-hydrogen) atoms. The van der Waals surface area contributed by atoms with E-state index in [1.54, 1.807) is 0 Å². The average Bonchev–Trinajstić information content (AvgIpc) is 3.68. The molecule has 1 atom stereocenters. The van der Waals surface area contributed by atoms with Crippen molar-refractivity contribution in [1.82, 2.24) is 4.57 Å². The van der Waals surface area contributed by atoms with Gasteiger partial charge in [0.05, 0.1) is 11.0 Å². The zero-order valence-corrected chi connectivity index (χ0v) is 29.8. The molecule has 2 aliphatic carbocycles. The molecule has 12 rings (SSSR count). The summed E-state index contributed by atoms with van der Waals surface area (Å²) in [6.07, 6.45) is 2.05. The highest BCUT2D eigenvalue weighted by molar-refractivity contribution is 6.17. The minimum absolute atomic E-state index is 0.259. The third-order valence-corrected chi connectivity index (χ3v) is 12.4. The Kier molecular flexibility index (Phi) is 6.30. The number of hydrogen-bond donors (Lipinski definition) is 0. The predicted octanol–water partition coefficient (Wildman–Crippen LogP) is 14.1. The SMILES string of the molecule is c1ccc(-c2ccc(C3CCc4ccc5c6ccccc6n(-c6ccc7c(c6)-c6cccc8cccc-7c68)c5c4-c4ccc5ccccc5c43)cc2)cc1. The summed E-state index contributed by atoms with van der Waals surface area (Å²) < 4.78 is 2.57. The molecule has 1 nitrogen and oxygen atoms in total. The highest BCUT2D eigenvalue weighted by atomic mass is 15.0. The topological polar surface area (TPSA) is 4.93 Å². The van der Waals surface area contributed by atoms with Crippen molar-refractivity contribution in [3.8, 4) is 50.2 Å². The number of rotatable bonds is 3. The van der Waals surface area contributed by atoms with Gasteiger partial charge in [0.15, 0.2) is 0 Å². The Hall–Kier alpha value is -6.70. The second-order valence-corrected chi connectivity index (χ2v) is 15.1. The van der Waals surface area contributed by atoms with Gasteiger partial charge in [-0.15, -0.1) is 0 Å². The Morgan fingerprint density at radius 2 is 1.15 bits per heavy atom. The summed E-state index contributed by atoms with van der Waals surface area (Å²) in [5.41, 5.74) is 18.5. The number of benzene rings is 9. The lowest BCUT2D eigenvalue weighted by molar-refractivity contribution is 0.730. The zero-order valence-electron chi connectivity index (χ0n) is 29.8. The van der Waals surface area contributed by atoms with Crippen LogP contribution in [0.2, 0.25) is 0 Å². The fourth-order valence-electron chi connectivity index (χ4n) is 10.0. The van der Waals surface area contributed by atoms with Crippen molar-refractivity contribution in [1.29, 1.82) is 0 Å². The van der Waals surface area contributed by atoms with Gasteiger partial charge < -0.3 is 4.57 Å². The number of nitrogens with zero attached hydrogens (tertiary/aromatic N) is 1. The van der Waals surface area contributed by atoms with E-state index in [4.69, 9.17) is 0 Å². The van der Waals surface area contributed by atoms with Gasteiger partial charge in [-0.05, 0) is 108 Å². The molecule has 0 aliphatic heterocycles. The van der Waals surface area contributed by atoms with Crippen molar-refractivity contribution in [3.05, 3.63) is 199 Å². The van der Waals surface area contributed by atoms with E-state index in [0.717, 1.165) is 12.8 Å². The molecule has 1 aromatic heterocycles. The lowest BCUT2D eigenvalue weighted by atomic mass is 9.82. The van der Waals surface area contributed by atoms with E-state index < -0.39 is 0 Å². The summed E-state index contributed by atoms with van der Waals surface area (Å²) in [7, 11) is 0. The predicted molar refractivity (Wildman–Crippen MR) is 228 cm³/mol. The molecule has 2 aliphatic rings. The molecule has 1 unspecified atom stereocenters. The Morgan fingerprint density at radius 3 is 2.00 bits per heavy atom. The van der Waals surface area contributed by atoms with Gasteiger partial charge >= 0.3 is 0 Å². The summed E-state index contributed by atoms with van der Waals surface area (Å²) in [6, 6.07) is 68.3. The highest BCUT2D eigenvalue weighted by Gasteiger charge is 2.30. The lowest BCUT2D eigenvalue weighted by Crippen LogP contribution is -2.03. The maximum Gasteiger partial charge on any atom is 0.0622 e. The van der Waals surface area contributed by atoms with E-state index in [-0.39, 0.29) is 5.92 Å². The molecule has 0 radical (unpaired) electrons. The normalized spacial score (nSPS) is 14.3. The Morgan fingerprint density at radius 1 is 0.444 bits per heavy atom. The second-order valence-electron chi connectivity index (χ2n) is 15.1. The van der Waals surface area contributed by atoms with Crippen molar-refractivity contribution in [3.63, 3.8) is 0 Å². The first kappa shape index (κ1) is 29.8. The second kappa shape index (κ2) is 11.4. The molecule has 0 N–H and O–H groups in total. The Bertz CT molecular complexity index is 3140. The molecule has 0 spiro atoms. The monoisotopic (exact) mass is 685 g/mol. The third kappa shape index (κ3) is 4.21. The van der Waals surface area contributed by atoms with Crippen molar-refractivity contribution in [2.75, 3.05) is 0 Å². The van der Waals surface area contributed by atoms with E-state index in [2.05, 4.69) is 187 Å². The van der Waals surface area contributed by atoms with Crippen LogP contribution in [0.3, 0.4) is 0 Å². The fraction of sp³-hybridized carbons (Fsp3) is 0.0566. The van der Waals surface area contributed by atoms with Gasteiger partial charge in [-0.1, -0.05) is 164 Å². The number of para-hydroxylation sites is 1. The third-order valence-electron chi connectivity index (χ3n) is 12.4. The first-order valence-electron chi connectivity index (χ1n) is 19.2. The van der Waals surface area contributed by atoms with Crippen molar-refractivity contribution >= 4 is 43.4 Å². The van der Waals surface area contributed by atoms with Crippen LogP contribution in [0.5, 0.6) is 0 Å². The molecule has 1 heterocycles. The van der Waals surface area contributed by atoms with Crippen LogP contribution in [-0.4, -0.2) is 4.57 Å². The van der Waals surface area contributed by atoms with Crippen LogP contribution >= 0.6 is 0 Å². The van der Waals surface area contributed by atoms with E-state index in [1.807, 2.05) is 0 Å². The molecule has 252 valence electrons. The minimum atomic E-state index is 0.259. The molecule has 9 aromatic carbocycles. The number of aromatic nitrogens is 1. The average molecular weight is 686 g/mol. The number of aryl methyl sites for hydroxylation is 1. The Balaban J connectivity index is 1.12. The van der Waals surface area contributed by atoms with Crippen LogP contribution in [0.1, 0.15) is 29.0 Å². The zero-order chi connectivity index (χ0) is 35.3. The van der Waals surface area contributed by atoms with Crippen LogP contribution in [0.25, 0.3) is 93.5 Å². The minimum Gasteiger partial charge on any atom is -0.309 e. The quantitative estimate of drug-likeness (QED) is 0.174. The lowest BCUT2D eigenvalue weighted by Gasteiger charge is -2.22. The number of hydrogen-bond acceptors (Lipinski definition) is 0. The van der Waals surface area contributed by atoms with Crippen LogP contribution < -0.4 is 0 Å². The number of fused-ring (bicyclic) bond motifs is 12. The van der Waals surface area contributed by atoms with E-state index in [9.17, 15) is 0 Å². The molecule has 0 saturated heterocycles. The molecule has 1 heteroatoms. The van der Waals surface area contributed by atoms with Crippen molar-refractivity contribution in [2.24, 2.45) is 0 Å². The molecule has 0 fully saturated rings. The van der Waals surface area contributed by atoms with E-state index in [0.29, 0.717) is 0 Å².